The van der Waals surface area contributed by atoms with Crippen molar-refractivity contribution in [1.82, 2.24) is 5.32 Å². The SMILES string of the molecule is COc1ccc(C)c(Cl)c1N1CCNCC1. The van der Waals surface area contributed by atoms with Gasteiger partial charge in [-0.3, -0.25) is 0 Å². The molecule has 1 aliphatic heterocycles. The zero-order valence-electron chi connectivity index (χ0n) is 9.72. The molecule has 3 nitrogen and oxygen atoms in total. The quantitative estimate of drug-likeness (QED) is 0.857. The highest BCUT2D eigenvalue weighted by Crippen LogP contribution is 2.37. The summed E-state index contributed by atoms with van der Waals surface area (Å²) in [6.45, 7) is 5.95. The van der Waals surface area contributed by atoms with Gasteiger partial charge in [-0.15, -0.1) is 0 Å². The lowest BCUT2D eigenvalue weighted by molar-refractivity contribution is 0.413. The van der Waals surface area contributed by atoms with Crippen LogP contribution in [0.25, 0.3) is 0 Å². The van der Waals surface area contributed by atoms with Crippen molar-refractivity contribution in [3.05, 3.63) is 22.7 Å². The Hall–Kier alpha value is -0.930. The lowest BCUT2D eigenvalue weighted by atomic mass is 10.1. The average Bonchev–Trinajstić information content (AvgIpc) is 2.33. The maximum Gasteiger partial charge on any atom is 0.143 e. The molecule has 0 amide bonds. The van der Waals surface area contributed by atoms with Crippen LogP contribution < -0.4 is 15.0 Å². The molecule has 0 unspecified atom stereocenters. The minimum atomic E-state index is 0.807. The van der Waals surface area contributed by atoms with Gasteiger partial charge < -0.3 is 15.0 Å². The van der Waals surface area contributed by atoms with E-state index < -0.39 is 0 Å². The second kappa shape index (κ2) is 4.93. The summed E-state index contributed by atoms with van der Waals surface area (Å²) in [5.41, 5.74) is 2.13. The third kappa shape index (κ3) is 2.11. The minimum absolute atomic E-state index is 0.807. The predicted molar refractivity (Wildman–Crippen MR) is 67.8 cm³/mol. The van der Waals surface area contributed by atoms with Crippen molar-refractivity contribution in [3.8, 4) is 5.75 Å². The number of methoxy groups -OCH3 is 1. The smallest absolute Gasteiger partial charge is 0.143 e. The van der Waals surface area contributed by atoms with Crippen molar-refractivity contribution < 1.29 is 4.74 Å². The first-order valence-electron chi connectivity index (χ1n) is 5.53. The van der Waals surface area contributed by atoms with E-state index in [1.54, 1.807) is 7.11 Å². The van der Waals surface area contributed by atoms with Gasteiger partial charge in [0, 0.05) is 26.2 Å². The van der Waals surface area contributed by atoms with Gasteiger partial charge >= 0.3 is 0 Å². The standard InChI is InChI=1S/C12H17ClN2O/c1-9-3-4-10(16-2)12(11(9)13)15-7-5-14-6-8-15/h3-4,14H,5-8H2,1-2H3. The van der Waals surface area contributed by atoms with Gasteiger partial charge in [-0.05, 0) is 18.6 Å². The molecule has 0 aromatic heterocycles. The van der Waals surface area contributed by atoms with Crippen molar-refractivity contribution in [3.63, 3.8) is 0 Å². The third-order valence-electron chi connectivity index (χ3n) is 2.93. The summed E-state index contributed by atoms with van der Waals surface area (Å²) in [7, 11) is 1.69. The lowest BCUT2D eigenvalue weighted by Crippen LogP contribution is -2.43. The molecule has 1 aromatic rings. The zero-order chi connectivity index (χ0) is 11.5. The second-order valence-corrected chi connectivity index (χ2v) is 4.36. The molecule has 1 fully saturated rings. The molecule has 1 aromatic carbocycles. The molecule has 16 heavy (non-hydrogen) atoms. The third-order valence-corrected chi connectivity index (χ3v) is 3.40. The van der Waals surface area contributed by atoms with Crippen LogP contribution in [0.5, 0.6) is 5.75 Å². The summed E-state index contributed by atoms with van der Waals surface area (Å²) in [4.78, 5) is 2.28. The lowest BCUT2D eigenvalue weighted by Gasteiger charge is -2.31. The van der Waals surface area contributed by atoms with Gasteiger partial charge in [0.05, 0.1) is 17.8 Å². The number of benzene rings is 1. The Morgan fingerprint density at radius 1 is 1.31 bits per heavy atom. The van der Waals surface area contributed by atoms with E-state index >= 15 is 0 Å². The highest BCUT2D eigenvalue weighted by atomic mass is 35.5. The van der Waals surface area contributed by atoms with E-state index in [-0.39, 0.29) is 0 Å². The highest BCUT2D eigenvalue weighted by molar-refractivity contribution is 6.34. The number of aryl methyl sites for hydroxylation is 1. The van der Waals surface area contributed by atoms with Gasteiger partial charge in [0.1, 0.15) is 5.75 Å². The van der Waals surface area contributed by atoms with Gasteiger partial charge in [0.2, 0.25) is 0 Å². The fraction of sp³-hybridized carbons (Fsp3) is 0.500. The Morgan fingerprint density at radius 3 is 2.62 bits per heavy atom. The van der Waals surface area contributed by atoms with Crippen molar-refractivity contribution in [2.45, 2.75) is 6.92 Å². The molecule has 0 spiro atoms. The van der Waals surface area contributed by atoms with Gasteiger partial charge in [-0.1, -0.05) is 17.7 Å². The first-order chi connectivity index (χ1) is 7.74. The largest absolute Gasteiger partial charge is 0.495 e. The van der Waals surface area contributed by atoms with Crippen LogP contribution in [0.2, 0.25) is 5.02 Å². The molecule has 1 heterocycles. The number of nitrogens with one attached hydrogen (secondary N) is 1. The number of nitrogens with zero attached hydrogens (tertiary/aromatic N) is 1. The topological polar surface area (TPSA) is 24.5 Å². The maximum absolute atomic E-state index is 6.37. The molecule has 4 heteroatoms. The van der Waals surface area contributed by atoms with Crippen molar-refractivity contribution in [1.29, 1.82) is 0 Å². The van der Waals surface area contributed by atoms with Gasteiger partial charge in [-0.2, -0.15) is 0 Å². The number of piperazine rings is 1. The van der Waals surface area contributed by atoms with E-state index in [0.29, 0.717) is 0 Å². The number of halogens is 1. The summed E-state index contributed by atoms with van der Waals surface area (Å²) in [6.07, 6.45) is 0. The molecule has 0 aliphatic carbocycles. The molecule has 0 bridgehead atoms. The van der Waals surface area contributed by atoms with Gasteiger partial charge in [0.15, 0.2) is 0 Å². The van der Waals surface area contributed by atoms with Crippen molar-refractivity contribution >= 4 is 17.3 Å². The molecule has 88 valence electrons. The number of hydrogen-bond donors (Lipinski definition) is 1. The van der Waals surface area contributed by atoms with Crippen molar-refractivity contribution in [2.24, 2.45) is 0 Å². The van der Waals surface area contributed by atoms with E-state index in [9.17, 15) is 0 Å². The van der Waals surface area contributed by atoms with Crippen LogP contribution in [0, 0.1) is 6.92 Å². The number of ether oxygens (including phenoxy) is 1. The average molecular weight is 241 g/mol. The normalized spacial score (nSPS) is 16.3. The Kier molecular flexibility index (Phi) is 3.56. The van der Waals surface area contributed by atoms with Crippen molar-refractivity contribution in [2.75, 3.05) is 38.2 Å². The Labute approximate surface area is 101 Å². The monoisotopic (exact) mass is 240 g/mol. The molecule has 2 rings (SSSR count). The van der Waals surface area contributed by atoms with E-state index in [0.717, 1.165) is 48.2 Å². The molecule has 0 saturated carbocycles. The molecular formula is C12H17ClN2O. The van der Waals surface area contributed by atoms with Crippen LogP contribution in [0.1, 0.15) is 5.56 Å². The molecule has 0 atom stereocenters. The van der Waals surface area contributed by atoms with Crippen LogP contribution in [0.3, 0.4) is 0 Å². The number of rotatable bonds is 2. The predicted octanol–water partition coefficient (Wildman–Crippen LogP) is 2.07. The van der Waals surface area contributed by atoms with Crippen LogP contribution in [0.15, 0.2) is 12.1 Å². The van der Waals surface area contributed by atoms with Gasteiger partial charge in [-0.25, -0.2) is 0 Å². The van der Waals surface area contributed by atoms with E-state index in [1.165, 1.54) is 0 Å². The van der Waals surface area contributed by atoms with Crippen LogP contribution in [-0.2, 0) is 0 Å². The molecular weight excluding hydrogens is 224 g/mol. The molecule has 1 N–H and O–H groups in total. The molecule has 1 saturated heterocycles. The fourth-order valence-corrected chi connectivity index (χ4v) is 2.27. The Balaban J connectivity index is 2.39. The summed E-state index contributed by atoms with van der Waals surface area (Å²) >= 11 is 6.37. The second-order valence-electron chi connectivity index (χ2n) is 3.98. The zero-order valence-corrected chi connectivity index (χ0v) is 10.5. The summed E-state index contributed by atoms with van der Waals surface area (Å²) in [5, 5.41) is 4.14. The summed E-state index contributed by atoms with van der Waals surface area (Å²) < 4.78 is 5.39. The van der Waals surface area contributed by atoms with Crippen LogP contribution in [-0.4, -0.2) is 33.3 Å². The highest BCUT2D eigenvalue weighted by Gasteiger charge is 2.19. The van der Waals surface area contributed by atoms with E-state index in [1.807, 2.05) is 19.1 Å². The maximum atomic E-state index is 6.37. The summed E-state index contributed by atoms with van der Waals surface area (Å²) in [6, 6.07) is 3.98. The number of hydrogen-bond acceptors (Lipinski definition) is 3. The fourth-order valence-electron chi connectivity index (χ4n) is 2.00. The van der Waals surface area contributed by atoms with Crippen LogP contribution >= 0.6 is 11.6 Å². The minimum Gasteiger partial charge on any atom is -0.495 e. The Bertz CT molecular complexity index is 376. The molecule has 0 radical (unpaired) electrons. The number of anilines is 1. The van der Waals surface area contributed by atoms with Crippen LogP contribution in [0.4, 0.5) is 5.69 Å². The summed E-state index contributed by atoms with van der Waals surface area (Å²) in [5.74, 6) is 0.859. The van der Waals surface area contributed by atoms with Gasteiger partial charge in [0.25, 0.3) is 0 Å². The first-order valence-corrected chi connectivity index (χ1v) is 5.90. The Morgan fingerprint density at radius 2 is 2.00 bits per heavy atom. The van der Waals surface area contributed by atoms with E-state index in [4.69, 9.17) is 16.3 Å². The first kappa shape index (κ1) is 11.6. The van der Waals surface area contributed by atoms with E-state index in [2.05, 4.69) is 10.2 Å². The molecule has 1 aliphatic rings.